The molecular weight excluding hydrogens is 234 g/mol. The summed E-state index contributed by atoms with van der Waals surface area (Å²) >= 11 is 0. The van der Waals surface area contributed by atoms with Gasteiger partial charge in [-0.2, -0.15) is 0 Å². The molecule has 0 spiro atoms. The maximum atomic E-state index is 10.5. The summed E-state index contributed by atoms with van der Waals surface area (Å²) in [4.78, 5) is 12.9. The van der Waals surface area contributed by atoms with E-state index in [1.165, 1.54) is 31.4 Å². The highest BCUT2D eigenvalue weighted by Gasteiger charge is 2.08. The Morgan fingerprint density at radius 3 is 2.26 bits per heavy atom. The molecule has 0 fully saturated rings. The Morgan fingerprint density at radius 1 is 1.05 bits per heavy atom. The second-order valence-corrected chi connectivity index (χ2v) is 4.75. The number of hydrogen-bond donors (Lipinski definition) is 0. The van der Waals surface area contributed by atoms with E-state index in [9.17, 15) is 4.79 Å². The van der Waals surface area contributed by atoms with Crippen LogP contribution in [0.4, 0.5) is 5.69 Å². The first-order valence-electron chi connectivity index (χ1n) is 7.29. The van der Waals surface area contributed by atoms with E-state index in [0.29, 0.717) is 0 Å². The number of nitrogens with zero attached hydrogens (tertiary/aromatic N) is 1. The molecule has 0 aliphatic carbocycles. The van der Waals surface area contributed by atoms with Crippen molar-refractivity contribution in [1.82, 2.24) is 0 Å². The molecule has 0 atom stereocenters. The quantitative estimate of drug-likeness (QED) is 0.486. The molecule has 0 unspecified atom stereocenters. The lowest BCUT2D eigenvalue weighted by atomic mass is 10.1. The molecule has 0 radical (unpaired) electrons. The summed E-state index contributed by atoms with van der Waals surface area (Å²) in [5, 5.41) is 0. The van der Waals surface area contributed by atoms with Gasteiger partial charge in [-0.25, -0.2) is 0 Å². The SMILES string of the molecule is CCCCN(CCCC)c1ccccc1C=CC=O. The van der Waals surface area contributed by atoms with Gasteiger partial charge in [-0.05, 0) is 36.6 Å². The Labute approximate surface area is 117 Å². The van der Waals surface area contributed by atoms with Crippen LogP contribution in [0.1, 0.15) is 45.1 Å². The van der Waals surface area contributed by atoms with Gasteiger partial charge in [-0.3, -0.25) is 4.79 Å². The van der Waals surface area contributed by atoms with Crippen molar-refractivity contribution < 1.29 is 4.79 Å². The van der Waals surface area contributed by atoms with Gasteiger partial charge >= 0.3 is 0 Å². The highest BCUT2D eigenvalue weighted by atomic mass is 16.1. The van der Waals surface area contributed by atoms with Crippen molar-refractivity contribution in [3.05, 3.63) is 35.9 Å². The summed E-state index contributed by atoms with van der Waals surface area (Å²) in [6.07, 6.45) is 9.11. The molecule has 0 saturated carbocycles. The molecule has 1 aromatic carbocycles. The Bertz CT molecular complexity index is 390. The van der Waals surface area contributed by atoms with Crippen LogP contribution in [-0.4, -0.2) is 19.4 Å². The first-order chi connectivity index (χ1) is 9.33. The highest BCUT2D eigenvalue weighted by molar-refractivity contribution is 5.78. The summed E-state index contributed by atoms with van der Waals surface area (Å²) in [6.45, 7) is 6.61. The Balaban J connectivity index is 2.92. The van der Waals surface area contributed by atoms with Crippen molar-refractivity contribution in [2.45, 2.75) is 39.5 Å². The van der Waals surface area contributed by atoms with Crippen molar-refractivity contribution >= 4 is 18.0 Å². The summed E-state index contributed by atoms with van der Waals surface area (Å²) in [5.41, 5.74) is 2.37. The van der Waals surface area contributed by atoms with Gasteiger partial charge in [0.2, 0.25) is 0 Å². The van der Waals surface area contributed by atoms with Crippen molar-refractivity contribution in [2.24, 2.45) is 0 Å². The van der Waals surface area contributed by atoms with E-state index >= 15 is 0 Å². The zero-order chi connectivity index (χ0) is 13.9. The third kappa shape index (κ3) is 5.29. The van der Waals surface area contributed by atoms with Crippen molar-refractivity contribution in [2.75, 3.05) is 18.0 Å². The molecule has 0 aliphatic rings. The number of anilines is 1. The summed E-state index contributed by atoms with van der Waals surface area (Å²) in [5.74, 6) is 0. The van der Waals surface area contributed by atoms with Crippen LogP contribution in [0, 0.1) is 0 Å². The van der Waals surface area contributed by atoms with Crippen LogP contribution in [0.3, 0.4) is 0 Å². The van der Waals surface area contributed by atoms with E-state index < -0.39 is 0 Å². The van der Waals surface area contributed by atoms with Gasteiger partial charge in [0.1, 0.15) is 6.29 Å². The molecule has 0 bridgehead atoms. The fraction of sp³-hybridized carbons (Fsp3) is 0.471. The lowest BCUT2D eigenvalue weighted by Gasteiger charge is -2.26. The largest absolute Gasteiger partial charge is 0.371 e. The lowest BCUT2D eigenvalue weighted by molar-refractivity contribution is -0.104. The second kappa shape index (κ2) is 9.37. The predicted molar refractivity (Wildman–Crippen MR) is 83.6 cm³/mol. The number of aldehydes is 1. The average Bonchev–Trinajstić information content (AvgIpc) is 2.46. The predicted octanol–water partition coefficient (Wildman–Crippen LogP) is 4.31. The number of para-hydroxylation sites is 1. The van der Waals surface area contributed by atoms with Gasteiger partial charge in [0.15, 0.2) is 0 Å². The maximum Gasteiger partial charge on any atom is 0.142 e. The second-order valence-electron chi connectivity index (χ2n) is 4.75. The van der Waals surface area contributed by atoms with E-state index in [0.717, 1.165) is 24.9 Å². The minimum atomic E-state index is 0.833. The molecule has 1 aromatic rings. The molecule has 1 rings (SSSR count). The molecule has 0 aliphatic heterocycles. The molecule has 0 saturated heterocycles. The monoisotopic (exact) mass is 259 g/mol. The number of hydrogen-bond acceptors (Lipinski definition) is 2. The Kier molecular flexibility index (Phi) is 7.64. The third-order valence-corrected chi connectivity index (χ3v) is 3.19. The number of benzene rings is 1. The molecule has 104 valence electrons. The number of rotatable bonds is 9. The first-order valence-corrected chi connectivity index (χ1v) is 7.29. The van der Waals surface area contributed by atoms with Gasteiger partial charge in [0.25, 0.3) is 0 Å². The molecule has 0 N–H and O–H groups in total. The van der Waals surface area contributed by atoms with E-state index in [4.69, 9.17) is 0 Å². The summed E-state index contributed by atoms with van der Waals surface area (Å²) < 4.78 is 0. The van der Waals surface area contributed by atoms with E-state index in [2.05, 4.69) is 36.9 Å². The van der Waals surface area contributed by atoms with Gasteiger partial charge in [-0.1, -0.05) is 44.9 Å². The van der Waals surface area contributed by atoms with Crippen LogP contribution in [0.15, 0.2) is 30.3 Å². The fourth-order valence-electron chi connectivity index (χ4n) is 2.11. The van der Waals surface area contributed by atoms with E-state index in [1.54, 1.807) is 6.08 Å². The molecule has 2 nitrogen and oxygen atoms in total. The number of unbranched alkanes of at least 4 members (excludes halogenated alkanes) is 2. The normalized spacial score (nSPS) is 10.8. The van der Waals surface area contributed by atoms with Crippen molar-refractivity contribution in [3.63, 3.8) is 0 Å². The van der Waals surface area contributed by atoms with Gasteiger partial charge in [-0.15, -0.1) is 0 Å². The minimum absolute atomic E-state index is 0.833. The molecule has 0 aromatic heterocycles. The molecule has 0 heterocycles. The van der Waals surface area contributed by atoms with Crippen molar-refractivity contribution in [1.29, 1.82) is 0 Å². The van der Waals surface area contributed by atoms with Crippen LogP contribution in [0.5, 0.6) is 0 Å². The average molecular weight is 259 g/mol. The minimum Gasteiger partial charge on any atom is -0.371 e. The van der Waals surface area contributed by atoms with Crippen LogP contribution in [0.2, 0.25) is 0 Å². The Hall–Kier alpha value is -1.57. The van der Waals surface area contributed by atoms with Crippen LogP contribution in [-0.2, 0) is 4.79 Å². The number of carbonyl (C=O) groups excluding carboxylic acids is 1. The lowest BCUT2D eigenvalue weighted by Crippen LogP contribution is -2.26. The fourth-order valence-corrected chi connectivity index (χ4v) is 2.11. The first kappa shape index (κ1) is 15.5. The summed E-state index contributed by atoms with van der Waals surface area (Å²) in [6, 6.07) is 8.31. The number of carbonyl (C=O) groups is 1. The third-order valence-electron chi connectivity index (χ3n) is 3.19. The maximum absolute atomic E-state index is 10.5. The Morgan fingerprint density at radius 2 is 1.68 bits per heavy atom. The zero-order valence-electron chi connectivity index (χ0n) is 12.1. The van der Waals surface area contributed by atoms with Crippen LogP contribution < -0.4 is 4.90 Å². The van der Waals surface area contributed by atoms with Gasteiger partial charge in [0, 0.05) is 18.8 Å². The standard InChI is InChI=1S/C17H25NO/c1-3-5-13-18(14-6-4-2)17-12-8-7-10-16(17)11-9-15-19/h7-12,15H,3-6,13-14H2,1-2H3. The van der Waals surface area contributed by atoms with E-state index in [1.807, 2.05) is 12.1 Å². The molecular formula is C17H25NO. The zero-order valence-corrected chi connectivity index (χ0v) is 12.1. The molecule has 0 amide bonds. The number of allylic oxidation sites excluding steroid dienone is 1. The molecule has 19 heavy (non-hydrogen) atoms. The van der Waals surface area contributed by atoms with Gasteiger partial charge < -0.3 is 4.90 Å². The van der Waals surface area contributed by atoms with E-state index in [-0.39, 0.29) is 0 Å². The highest BCUT2D eigenvalue weighted by Crippen LogP contribution is 2.22. The van der Waals surface area contributed by atoms with Gasteiger partial charge in [0.05, 0.1) is 0 Å². The summed E-state index contributed by atoms with van der Waals surface area (Å²) in [7, 11) is 0. The van der Waals surface area contributed by atoms with Crippen LogP contribution >= 0.6 is 0 Å². The smallest absolute Gasteiger partial charge is 0.142 e. The van der Waals surface area contributed by atoms with Crippen molar-refractivity contribution in [3.8, 4) is 0 Å². The van der Waals surface area contributed by atoms with Crippen LogP contribution in [0.25, 0.3) is 6.08 Å². The molecule has 2 heteroatoms. The topological polar surface area (TPSA) is 20.3 Å².